The van der Waals surface area contributed by atoms with E-state index in [4.69, 9.17) is 14.2 Å². The van der Waals surface area contributed by atoms with Crippen LogP contribution in [0, 0.1) is 0 Å². The van der Waals surface area contributed by atoms with Crippen LogP contribution in [0.4, 0.5) is 0 Å². The van der Waals surface area contributed by atoms with E-state index in [0.717, 1.165) is 57.8 Å². The van der Waals surface area contributed by atoms with Crippen molar-refractivity contribution >= 4 is 17.9 Å². The van der Waals surface area contributed by atoms with E-state index in [1.54, 1.807) is 0 Å². The Bertz CT molecular complexity index is 1060. The highest BCUT2D eigenvalue weighted by atomic mass is 16.6. The van der Waals surface area contributed by atoms with Crippen molar-refractivity contribution in [3.05, 3.63) is 109 Å². The fourth-order valence-electron chi connectivity index (χ4n) is 4.34. The Morgan fingerprint density at radius 2 is 0.680 bits per heavy atom. The number of carbonyl (C=O) groups is 3. The van der Waals surface area contributed by atoms with E-state index in [-0.39, 0.29) is 37.5 Å². The van der Waals surface area contributed by atoms with Gasteiger partial charge < -0.3 is 14.2 Å². The molecule has 0 aromatic heterocycles. The smallest absolute Gasteiger partial charge is 0.306 e. The first-order valence-electron chi connectivity index (χ1n) is 18.9. The number of esters is 3. The first-order valence-corrected chi connectivity index (χ1v) is 18.9. The van der Waals surface area contributed by atoms with Gasteiger partial charge >= 0.3 is 17.9 Å². The zero-order valence-corrected chi connectivity index (χ0v) is 31.4. The quantitative estimate of drug-likeness (QED) is 0.0409. The first kappa shape index (κ1) is 46.1. The zero-order chi connectivity index (χ0) is 36.6. The lowest BCUT2D eigenvalue weighted by atomic mass is 10.2. The van der Waals surface area contributed by atoms with E-state index >= 15 is 0 Å². The van der Waals surface area contributed by atoms with E-state index in [1.807, 2.05) is 36.5 Å². The second kappa shape index (κ2) is 37.9. The summed E-state index contributed by atoms with van der Waals surface area (Å²) in [6.45, 7) is 6.62. The van der Waals surface area contributed by atoms with Crippen LogP contribution < -0.4 is 0 Å². The molecule has 0 saturated heterocycles. The van der Waals surface area contributed by atoms with Gasteiger partial charge in [0.05, 0.1) is 13.2 Å². The average Bonchev–Trinajstić information content (AvgIpc) is 3.10. The number of allylic oxidation sites excluding steroid dienone is 18. The molecule has 0 fully saturated rings. The number of carbonyl (C=O) groups excluding carboxylic acids is 3. The van der Waals surface area contributed by atoms with E-state index in [0.29, 0.717) is 44.9 Å². The molecule has 0 aliphatic carbocycles. The minimum absolute atomic E-state index is 0.135. The Hall–Kier alpha value is -3.93. The molecular formula is C44H66O6. The lowest BCUT2D eigenvalue weighted by Crippen LogP contribution is -2.23. The van der Waals surface area contributed by atoms with Gasteiger partial charge in [0.25, 0.3) is 0 Å². The minimum Gasteiger partial charge on any atom is -0.466 e. The van der Waals surface area contributed by atoms with E-state index < -0.39 is 6.10 Å². The highest BCUT2D eigenvalue weighted by molar-refractivity contribution is 5.70. The number of hydrogen-bond donors (Lipinski definition) is 0. The van der Waals surface area contributed by atoms with Gasteiger partial charge in [0, 0.05) is 32.1 Å². The van der Waals surface area contributed by atoms with Crippen molar-refractivity contribution in [2.75, 3.05) is 13.2 Å². The Morgan fingerprint density at radius 1 is 0.400 bits per heavy atom. The maximum atomic E-state index is 12.6. The maximum Gasteiger partial charge on any atom is 0.306 e. The van der Waals surface area contributed by atoms with Crippen molar-refractivity contribution in [1.29, 1.82) is 0 Å². The summed E-state index contributed by atoms with van der Waals surface area (Å²) in [7, 11) is 0. The van der Waals surface area contributed by atoms with Gasteiger partial charge in [0.15, 0.2) is 0 Å². The Morgan fingerprint density at radius 3 is 1.00 bits per heavy atom. The topological polar surface area (TPSA) is 78.9 Å². The van der Waals surface area contributed by atoms with Crippen molar-refractivity contribution < 1.29 is 28.6 Å². The molecule has 278 valence electrons. The second-order valence-corrected chi connectivity index (χ2v) is 11.6. The molecule has 0 aromatic carbocycles. The van der Waals surface area contributed by atoms with Crippen LogP contribution in [-0.2, 0) is 28.6 Å². The van der Waals surface area contributed by atoms with Gasteiger partial charge in [-0.25, -0.2) is 0 Å². The molecule has 0 unspecified atom stereocenters. The molecule has 0 aliphatic rings. The van der Waals surface area contributed by atoms with Crippen molar-refractivity contribution in [3.8, 4) is 0 Å². The fraction of sp³-hybridized carbons (Fsp3) is 0.523. The van der Waals surface area contributed by atoms with Crippen molar-refractivity contribution in [3.63, 3.8) is 0 Å². The van der Waals surface area contributed by atoms with Crippen LogP contribution in [0.25, 0.3) is 0 Å². The summed E-state index contributed by atoms with van der Waals surface area (Å²) >= 11 is 0. The summed E-state index contributed by atoms with van der Waals surface area (Å²) in [6.07, 6.45) is 49.0. The molecule has 0 aromatic rings. The van der Waals surface area contributed by atoms with Gasteiger partial charge in [0.1, 0.15) is 6.10 Å². The van der Waals surface area contributed by atoms with Crippen LogP contribution >= 0.6 is 0 Å². The van der Waals surface area contributed by atoms with Crippen molar-refractivity contribution in [2.45, 2.75) is 136 Å². The second-order valence-electron chi connectivity index (χ2n) is 11.6. The molecule has 6 nitrogen and oxygen atoms in total. The summed E-state index contributed by atoms with van der Waals surface area (Å²) in [6, 6.07) is 0. The standard InChI is InChI=1S/C44H66O6/c1-4-7-10-13-16-19-22-25-28-31-34-42(45)48-39-37-41(50-44(47)36-33-30-27-24-21-18-15-12-9-6-3)38-40-49-43(46)35-32-29-26-23-20-17-14-11-8-5-2/h7-12,16-21,25-30,41H,4-6,13-15,22-24,31-40H2,1-3H3/b10-7-,11-8-,12-9-,19-16-,20-17-,21-18-,28-25-,29-26-,30-27-. The normalized spacial score (nSPS) is 12.7. The van der Waals surface area contributed by atoms with Gasteiger partial charge in [-0.15, -0.1) is 0 Å². The molecule has 0 atom stereocenters. The summed E-state index contributed by atoms with van der Waals surface area (Å²) < 4.78 is 16.5. The molecule has 0 radical (unpaired) electrons. The van der Waals surface area contributed by atoms with Gasteiger partial charge in [-0.05, 0) is 77.0 Å². The fourth-order valence-corrected chi connectivity index (χ4v) is 4.34. The van der Waals surface area contributed by atoms with Crippen LogP contribution in [-0.4, -0.2) is 37.2 Å². The van der Waals surface area contributed by atoms with Crippen LogP contribution in [0.2, 0.25) is 0 Å². The van der Waals surface area contributed by atoms with E-state index in [1.165, 1.54) is 0 Å². The summed E-state index contributed by atoms with van der Waals surface area (Å²) in [4.78, 5) is 37.1. The van der Waals surface area contributed by atoms with Crippen LogP contribution in [0.5, 0.6) is 0 Å². The zero-order valence-electron chi connectivity index (χ0n) is 31.4. The summed E-state index contributed by atoms with van der Waals surface area (Å²) in [5.41, 5.74) is 0. The molecule has 0 spiro atoms. The van der Waals surface area contributed by atoms with Crippen LogP contribution in [0.15, 0.2) is 109 Å². The highest BCUT2D eigenvalue weighted by Gasteiger charge is 2.16. The minimum atomic E-state index is -0.510. The predicted octanol–water partition coefficient (Wildman–Crippen LogP) is 11.7. The lowest BCUT2D eigenvalue weighted by Gasteiger charge is -2.18. The monoisotopic (exact) mass is 690 g/mol. The molecule has 50 heavy (non-hydrogen) atoms. The van der Waals surface area contributed by atoms with Gasteiger partial charge in [-0.1, -0.05) is 130 Å². The molecule has 0 bridgehead atoms. The molecule has 0 rings (SSSR count). The van der Waals surface area contributed by atoms with Crippen molar-refractivity contribution in [2.24, 2.45) is 0 Å². The SMILES string of the molecule is CC/C=C\C/C=C\C/C=C\CCC(=O)OCCC(CCOC(=O)CC/C=C\C/C=C\C/C=C\CC)OC(=O)CC/C=C\C/C=C\C/C=C\CC. The van der Waals surface area contributed by atoms with Crippen molar-refractivity contribution in [1.82, 2.24) is 0 Å². The molecule has 0 saturated carbocycles. The molecule has 0 aliphatic heterocycles. The molecule has 0 N–H and O–H groups in total. The molecule has 0 heterocycles. The maximum absolute atomic E-state index is 12.6. The van der Waals surface area contributed by atoms with Gasteiger partial charge in [-0.2, -0.15) is 0 Å². The predicted molar refractivity (Wildman–Crippen MR) is 210 cm³/mol. The Kier molecular flexibility index (Phi) is 34.9. The Balaban J connectivity index is 4.63. The van der Waals surface area contributed by atoms with Gasteiger partial charge in [-0.3, -0.25) is 14.4 Å². The third-order valence-electron chi connectivity index (χ3n) is 7.09. The Labute approximate surface area is 304 Å². The number of hydrogen-bond acceptors (Lipinski definition) is 6. The lowest BCUT2D eigenvalue weighted by molar-refractivity contribution is -0.153. The number of rotatable bonds is 31. The average molecular weight is 691 g/mol. The molecule has 6 heteroatoms. The highest BCUT2D eigenvalue weighted by Crippen LogP contribution is 2.10. The number of ether oxygens (including phenoxy) is 3. The summed E-state index contributed by atoms with van der Waals surface area (Å²) in [5.74, 6) is -0.897. The largest absolute Gasteiger partial charge is 0.466 e. The van der Waals surface area contributed by atoms with Crippen LogP contribution in [0.1, 0.15) is 130 Å². The third kappa shape index (κ3) is 35.4. The molecule has 0 amide bonds. The summed E-state index contributed by atoms with van der Waals surface area (Å²) in [5, 5.41) is 0. The first-order chi connectivity index (χ1) is 24.5. The van der Waals surface area contributed by atoms with E-state index in [2.05, 4.69) is 93.7 Å². The molecular weight excluding hydrogens is 624 g/mol. The van der Waals surface area contributed by atoms with Crippen LogP contribution in [0.3, 0.4) is 0 Å². The van der Waals surface area contributed by atoms with Gasteiger partial charge in [0.2, 0.25) is 0 Å². The van der Waals surface area contributed by atoms with E-state index in [9.17, 15) is 14.4 Å². The third-order valence-corrected chi connectivity index (χ3v) is 7.09.